The molecule has 164 valence electrons. The first-order valence-corrected chi connectivity index (χ1v) is 9.85. The number of hydrogen-bond acceptors (Lipinski definition) is 5. The van der Waals surface area contributed by atoms with Crippen molar-refractivity contribution in [1.82, 2.24) is 10.3 Å². The number of primary amides is 1. The van der Waals surface area contributed by atoms with Gasteiger partial charge in [-0.05, 0) is 51.0 Å². The minimum absolute atomic E-state index is 0.0469. The monoisotopic (exact) mass is 433 g/mol. The Morgan fingerprint density at radius 3 is 2.74 bits per heavy atom. The molecule has 0 bridgehead atoms. The van der Waals surface area contributed by atoms with Crippen molar-refractivity contribution in [1.29, 1.82) is 0 Å². The summed E-state index contributed by atoms with van der Waals surface area (Å²) in [6.45, 7) is 3.28. The predicted molar refractivity (Wildman–Crippen MR) is 107 cm³/mol. The van der Waals surface area contributed by atoms with Gasteiger partial charge in [0.1, 0.15) is 23.7 Å². The Labute approximate surface area is 176 Å². The molecule has 1 saturated carbocycles. The zero-order valence-corrected chi connectivity index (χ0v) is 17.0. The van der Waals surface area contributed by atoms with Gasteiger partial charge in [-0.2, -0.15) is 13.2 Å². The summed E-state index contributed by atoms with van der Waals surface area (Å²) in [7, 11) is 0. The van der Waals surface area contributed by atoms with E-state index in [2.05, 4.69) is 10.3 Å². The van der Waals surface area contributed by atoms with Crippen LogP contribution in [0.3, 0.4) is 0 Å². The number of nitrogens with one attached hydrogen (secondary N) is 1. The van der Waals surface area contributed by atoms with Crippen molar-refractivity contribution in [2.75, 3.05) is 0 Å². The van der Waals surface area contributed by atoms with Gasteiger partial charge in [0.2, 0.25) is 5.91 Å². The topological polar surface area (TPSA) is 90.4 Å². The number of amides is 1. The molecule has 3 aromatic rings. The minimum Gasteiger partial charge on any atom is -0.489 e. The van der Waals surface area contributed by atoms with Gasteiger partial charge in [0.25, 0.3) is 0 Å². The third kappa shape index (κ3) is 4.10. The van der Waals surface area contributed by atoms with Gasteiger partial charge in [-0.3, -0.25) is 15.1 Å². The van der Waals surface area contributed by atoms with Gasteiger partial charge in [-0.25, -0.2) is 0 Å². The molecule has 2 aromatic heterocycles. The molecule has 9 heteroatoms. The number of alkyl halides is 3. The van der Waals surface area contributed by atoms with E-state index < -0.39 is 29.4 Å². The quantitative estimate of drug-likeness (QED) is 0.583. The molecule has 3 N–H and O–H groups in total. The minimum atomic E-state index is -4.56. The fourth-order valence-electron chi connectivity index (χ4n) is 3.93. The van der Waals surface area contributed by atoms with E-state index in [-0.39, 0.29) is 12.2 Å². The van der Waals surface area contributed by atoms with Crippen LogP contribution in [0.2, 0.25) is 0 Å². The van der Waals surface area contributed by atoms with Crippen molar-refractivity contribution >= 4 is 16.9 Å². The molecule has 1 unspecified atom stereocenters. The summed E-state index contributed by atoms with van der Waals surface area (Å²) in [6, 6.07) is 7.40. The van der Waals surface area contributed by atoms with Crippen molar-refractivity contribution in [2.24, 2.45) is 5.73 Å². The van der Waals surface area contributed by atoms with Crippen molar-refractivity contribution in [3.63, 3.8) is 0 Å². The van der Waals surface area contributed by atoms with E-state index in [4.69, 9.17) is 14.9 Å². The molecule has 31 heavy (non-hydrogen) atoms. The summed E-state index contributed by atoms with van der Waals surface area (Å²) < 4.78 is 51.1. The van der Waals surface area contributed by atoms with E-state index in [1.807, 2.05) is 6.92 Å². The zero-order chi connectivity index (χ0) is 22.4. The van der Waals surface area contributed by atoms with Crippen molar-refractivity contribution in [2.45, 2.75) is 51.1 Å². The molecular formula is C22H22F3N3O3. The lowest BCUT2D eigenvalue weighted by atomic mass is 9.99. The fraction of sp³-hybridized carbons (Fsp3) is 0.364. The van der Waals surface area contributed by atoms with Gasteiger partial charge in [0.15, 0.2) is 5.69 Å². The summed E-state index contributed by atoms with van der Waals surface area (Å²) in [4.78, 5) is 15.0. The molecule has 0 radical (unpaired) electrons. The van der Waals surface area contributed by atoms with E-state index in [1.54, 1.807) is 25.1 Å². The number of rotatable bonds is 7. The van der Waals surface area contributed by atoms with Gasteiger partial charge in [0, 0.05) is 28.2 Å². The second kappa shape index (κ2) is 7.56. The van der Waals surface area contributed by atoms with Crippen LogP contribution in [0.25, 0.3) is 11.0 Å². The van der Waals surface area contributed by atoms with Crippen LogP contribution in [0.1, 0.15) is 42.3 Å². The SMILES string of the molecule is Cc1oc2ccc(OCc3cccnc3C(F)(F)F)cc2c1C1(NC(C)C(N)=O)CC1. The van der Waals surface area contributed by atoms with Gasteiger partial charge in [-0.1, -0.05) is 6.07 Å². The van der Waals surface area contributed by atoms with E-state index in [0.29, 0.717) is 17.1 Å². The number of nitrogens with two attached hydrogens (primary N) is 1. The Balaban J connectivity index is 1.63. The maximum atomic E-state index is 13.2. The number of aromatic nitrogens is 1. The molecule has 1 atom stereocenters. The third-order valence-corrected chi connectivity index (χ3v) is 5.54. The number of pyridine rings is 1. The highest BCUT2D eigenvalue weighted by Gasteiger charge is 2.48. The van der Waals surface area contributed by atoms with Crippen molar-refractivity contribution in [3.8, 4) is 5.75 Å². The maximum absolute atomic E-state index is 13.2. The smallest absolute Gasteiger partial charge is 0.433 e. The van der Waals surface area contributed by atoms with Gasteiger partial charge in [0.05, 0.1) is 6.04 Å². The molecule has 1 aromatic carbocycles. The first-order chi connectivity index (χ1) is 14.6. The number of ether oxygens (including phenoxy) is 1. The lowest BCUT2D eigenvalue weighted by Crippen LogP contribution is -2.44. The Morgan fingerprint density at radius 2 is 2.10 bits per heavy atom. The highest BCUT2D eigenvalue weighted by atomic mass is 19.4. The maximum Gasteiger partial charge on any atom is 0.433 e. The number of fused-ring (bicyclic) bond motifs is 1. The number of hydrogen-bond donors (Lipinski definition) is 2. The number of nitrogens with zero attached hydrogens (tertiary/aromatic N) is 1. The van der Waals surface area contributed by atoms with Crippen molar-refractivity contribution < 1.29 is 27.1 Å². The number of halogens is 3. The van der Waals surface area contributed by atoms with Crippen LogP contribution in [0.5, 0.6) is 5.75 Å². The van der Waals surface area contributed by atoms with Crippen molar-refractivity contribution in [3.05, 3.63) is 59.1 Å². The molecule has 4 rings (SSSR count). The van der Waals surface area contributed by atoms with E-state index >= 15 is 0 Å². The van der Waals surface area contributed by atoms with Crippen LogP contribution < -0.4 is 15.8 Å². The predicted octanol–water partition coefficient (Wildman–Crippen LogP) is 4.19. The van der Waals surface area contributed by atoms with Gasteiger partial charge in [-0.15, -0.1) is 0 Å². The summed E-state index contributed by atoms with van der Waals surface area (Å²) in [5.41, 5.74) is 5.53. The molecule has 0 saturated heterocycles. The molecule has 6 nitrogen and oxygen atoms in total. The summed E-state index contributed by atoms with van der Waals surface area (Å²) >= 11 is 0. The summed E-state index contributed by atoms with van der Waals surface area (Å²) in [5.74, 6) is 0.670. The van der Waals surface area contributed by atoms with Crippen LogP contribution in [0, 0.1) is 6.92 Å². The standard InChI is InChI=1S/C22H22F3N3O3/c1-12(20(26)29)28-21(7-8-21)18-13(2)31-17-6-5-15(10-16(17)18)30-11-14-4-3-9-27-19(14)22(23,24)25/h3-6,9-10,12,28H,7-8,11H2,1-2H3,(H2,26,29). The van der Waals surface area contributed by atoms with E-state index in [9.17, 15) is 18.0 Å². The first-order valence-electron chi connectivity index (χ1n) is 9.85. The second-order valence-electron chi connectivity index (χ2n) is 7.84. The lowest BCUT2D eigenvalue weighted by Gasteiger charge is -2.21. The molecule has 2 heterocycles. The zero-order valence-electron chi connectivity index (χ0n) is 17.0. The van der Waals surface area contributed by atoms with Gasteiger partial charge < -0.3 is 14.9 Å². The normalized spacial score (nSPS) is 16.3. The molecule has 1 aliphatic rings. The highest BCUT2D eigenvalue weighted by Crippen LogP contribution is 2.51. The molecule has 1 aliphatic carbocycles. The van der Waals surface area contributed by atoms with Crippen LogP contribution >= 0.6 is 0 Å². The van der Waals surface area contributed by atoms with Gasteiger partial charge >= 0.3 is 6.18 Å². The average molecular weight is 433 g/mol. The number of furan rings is 1. The van der Waals surface area contributed by atoms with E-state index in [1.165, 1.54) is 12.1 Å². The van der Waals surface area contributed by atoms with E-state index in [0.717, 1.165) is 30.0 Å². The summed E-state index contributed by atoms with van der Waals surface area (Å²) in [5, 5.41) is 4.09. The third-order valence-electron chi connectivity index (χ3n) is 5.54. The highest BCUT2D eigenvalue weighted by molar-refractivity contribution is 5.86. The average Bonchev–Trinajstić information content (AvgIpc) is 3.39. The summed E-state index contributed by atoms with van der Waals surface area (Å²) in [6.07, 6.45) is -1.82. The molecule has 1 amide bonds. The second-order valence-corrected chi connectivity index (χ2v) is 7.84. The Bertz CT molecular complexity index is 1140. The molecule has 1 fully saturated rings. The molecule has 0 aliphatic heterocycles. The Hall–Kier alpha value is -3.07. The number of benzene rings is 1. The lowest BCUT2D eigenvalue weighted by molar-refractivity contribution is -0.142. The Kier molecular flexibility index (Phi) is 5.17. The Morgan fingerprint density at radius 1 is 1.35 bits per heavy atom. The number of carbonyl (C=O) groups excluding carboxylic acids is 1. The molecule has 0 spiro atoms. The van der Waals surface area contributed by atoms with Crippen LogP contribution in [0.15, 0.2) is 40.9 Å². The largest absolute Gasteiger partial charge is 0.489 e. The van der Waals surface area contributed by atoms with Crippen LogP contribution in [-0.2, 0) is 23.1 Å². The number of aryl methyl sites for hydroxylation is 1. The number of carbonyl (C=O) groups is 1. The van der Waals surface area contributed by atoms with Crippen LogP contribution in [0.4, 0.5) is 13.2 Å². The fourth-order valence-corrected chi connectivity index (χ4v) is 3.93. The molecular weight excluding hydrogens is 411 g/mol. The first kappa shape index (κ1) is 21.2. The van der Waals surface area contributed by atoms with Crippen LogP contribution in [-0.4, -0.2) is 16.9 Å².